The van der Waals surface area contributed by atoms with Gasteiger partial charge in [0.1, 0.15) is 0 Å². The Morgan fingerprint density at radius 3 is 2.42 bits per heavy atom. The maximum absolute atomic E-state index is 4.36. The highest BCUT2D eigenvalue weighted by atomic mass is 79.9. The largest absolute Gasteiger partial charge is 0.259 e. The molecular formula is C9H11Br2N. The molecule has 0 aromatic carbocycles. The summed E-state index contributed by atoms with van der Waals surface area (Å²) in [6.45, 7) is 6.38. The third-order valence-corrected chi connectivity index (χ3v) is 3.94. The molecule has 0 bridgehead atoms. The predicted molar refractivity (Wildman–Crippen MR) is 58.5 cm³/mol. The zero-order chi connectivity index (χ0) is 9.30. The lowest BCUT2D eigenvalue weighted by molar-refractivity contribution is 0.808. The Morgan fingerprint density at radius 1 is 1.33 bits per heavy atom. The molecule has 0 atom stereocenters. The molecule has 0 N–H and O–H groups in total. The van der Waals surface area contributed by atoms with Crippen LogP contribution >= 0.6 is 31.9 Å². The summed E-state index contributed by atoms with van der Waals surface area (Å²) in [5.74, 6) is 0.481. The fourth-order valence-corrected chi connectivity index (χ4v) is 1.86. The van der Waals surface area contributed by atoms with E-state index in [2.05, 4.69) is 57.6 Å². The van der Waals surface area contributed by atoms with Gasteiger partial charge in [-0.3, -0.25) is 4.98 Å². The van der Waals surface area contributed by atoms with E-state index < -0.39 is 0 Å². The van der Waals surface area contributed by atoms with Gasteiger partial charge in [-0.1, -0.05) is 13.8 Å². The molecule has 0 radical (unpaired) electrons. The van der Waals surface area contributed by atoms with E-state index in [1.807, 2.05) is 6.20 Å². The topological polar surface area (TPSA) is 12.9 Å². The summed E-state index contributed by atoms with van der Waals surface area (Å²) in [6, 6.07) is 0. The summed E-state index contributed by atoms with van der Waals surface area (Å²) in [4.78, 5) is 4.36. The average molecular weight is 293 g/mol. The van der Waals surface area contributed by atoms with Crippen LogP contribution in [0.4, 0.5) is 0 Å². The third-order valence-electron chi connectivity index (χ3n) is 1.79. The summed E-state index contributed by atoms with van der Waals surface area (Å²) >= 11 is 6.93. The standard InChI is InChI=1S/C9H11Br2N/c1-5(2)9-6(3)8(11)7(10)4-12-9/h4-5H,1-3H3. The molecule has 0 aliphatic rings. The highest BCUT2D eigenvalue weighted by molar-refractivity contribution is 9.13. The molecule has 1 aromatic rings. The zero-order valence-electron chi connectivity index (χ0n) is 7.36. The first-order valence-electron chi connectivity index (χ1n) is 3.84. The van der Waals surface area contributed by atoms with Crippen LogP contribution in [-0.4, -0.2) is 4.98 Å². The first kappa shape index (κ1) is 10.2. The zero-order valence-corrected chi connectivity index (χ0v) is 10.5. The number of nitrogens with zero attached hydrogens (tertiary/aromatic N) is 1. The van der Waals surface area contributed by atoms with E-state index in [0.717, 1.165) is 14.6 Å². The highest BCUT2D eigenvalue weighted by Gasteiger charge is 2.09. The van der Waals surface area contributed by atoms with E-state index in [4.69, 9.17) is 0 Å². The lowest BCUT2D eigenvalue weighted by Crippen LogP contribution is -1.97. The Labute approximate surface area is 89.8 Å². The van der Waals surface area contributed by atoms with Crippen molar-refractivity contribution in [1.29, 1.82) is 0 Å². The highest BCUT2D eigenvalue weighted by Crippen LogP contribution is 2.29. The molecule has 0 fully saturated rings. The molecule has 0 spiro atoms. The molecule has 1 heterocycles. The van der Waals surface area contributed by atoms with E-state index in [-0.39, 0.29) is 0 Å². The summed E-state index contributed by atoms with van der Waals surface area (Å²) in [5.41, 5.74) is 2.38. The molecule has 0 saturated carbocycles. The Bertz CT molecular complexity index is 295. The number of halogens is 2. The lowest BCUT2D eigenvalue weighted by atomic mass is 10.1. The van der Waals surface area contributed by atoms with Crippen LogP contribution in [0.5, 0.6) is 0 Å². The molecule has 1 aromatic heterocycles. The summed E-state index contributed by atoms with van der Waals surface area (Å²) in [6.07, 6.45) is 1.84. The molecule has 66 valence electrons. The molecule has 3 heteroatoms. The number of hydrogen-bond acceptors (Lipinski definition) is 1. The predicted octanol–water partition coefficient (Wildman–Crippen LogP) is 4.04. The van der Waals surface area contributed by atoms with Crippen molar-refractivity contribution in [1.82, 2.24) is 4.98 Å². The minimum atomic E-state index is 0.481. The Kier molecular flexibility index (Phi) is 3.29. The lowest BCUT2D eigenvalue weighted by Gasteiger charge is -2.10. The quantitative estimate of drug-likeness (QED) is 0.761. The Balaban J connectivity index is 3.27. The SMILES string of the molecule is Cc1c(C(C)C)ncc(Br)c1Br. The van der Waals surface area contributed by atoms with E-state index >= 15 is 0 Å². The van der Waals surface area contributed by atoms with Gasteiger partial charge in [-0.05, 0) is 50.3 Å². The van der Waals surface area contributed by atoms with Gasteiger partial charge >= 0.3 is 0 Å². The van der Waals surface area contributed by atoms with Gasteiger partial charge in [-0.25, -0.2) is 0 Å². The van der Waals surface area contributed by atoms with Crippen molar-refractivity contribution in [2.75, 3.05) is 0 Å². The van der Waals surface area contributed by atoms with Crippen LogP contribution in [0, 0.1) is 6.92 Å². The maximum atomic E-state index is 4.36. The number of aromatic nitrogens is 1. The van der Waals surface area contributed by atoms with Gasteiger partial charge in [0.15, 0.2) is 0 Å². The molecule has 12 heavy (non-hydrogen) atoms. The number of hydrogen-bond donors (Lipinski definition) is 0. The van der Waals surface area contributed by atoms with Crippen LogP contribution in [0.25, 0.3) is 0 Å². The Morgan fingerprint density at radius 2 is 1.92 bits per heavy atom. The van der Waals surface area contributed by atoms with Gasteiger partial charge in [0.2, 0.25) is 0 Å². The molecule has 0 amide bonds. The van der Waals surface area contributed by atoms with Crippen LogP contribution in [0.1, 0.15) is 31.0 Å². The van der Waals surface area contributed by atoms with Crippen molar-refractivity contribution in [3.05, 3.63) is 26.4 Å². The molecule has 0 aliphatic carbocycles. The van der Waals surface area contributed by atoms with E-state index in [9.17, 15) is 0 Å². The second-order valence-electron chi connectivity index (χ2n) is 3.09. The van der Waals surface area contributed by atoms with Crippen molar-refractivity contribution in [2.24, 2.45) is 0 Å². The third kappa shape index (κ3) is 1.88. The van der Waals surface area contributed by atoms with Crippen LogP contribution < -0.4 is 0 Å². The molecule has 1 nitrogen and oxygen atoms in total. The van der Waals surface area contributed by atoms with Gasteiger partial charge < -0.3 is 0 Å². The van der Waals surface area contributed by atoms with E-state index in [1.165, 1.54) is 5.56 Å². The van der Waals surface area contributed by atoms with Gasteiger partial charge in [0.05, 0.1) is 4.47 Å². The van der Waals surface area contributed by atoms with Gasteiger partial charge in [-0.2, -0.15) is 0 Å². The number of rotatable bonds is 1. The van der Waals surface area contributed by atoms with Crippen molar-refractivity contribution < 1.29 is 0 Å². The fraction of sp³-hybridized carbons (Fsp3) is 0.444. The second-order valence-corrected chi connectivity index (χ2v) is 4.73. The first-order valence-corrected chi connectivity index (χ1v) is 5.43. The average Bonchev–Trinajstić information content (AvgIpc) is 2.00. The molecule has 0 unspecified atom stereocenters. The van der Waals surface area contributed by atoms with Crippen LogP contribution in [0.2, 0.25) is 0 Å². The summed E-state index contributed by atoms with van der Waals surface area (Å²) in [5, 5.41) is 0. The molecular weight excluding hydrogens is 282 g/mol. The molecule has 1 rings (SSSR count). The molecule has 0 saturated heterocycles. The van der Waals surface area contributed by atoms with Crippen molar-refractivity contribution in [3.8, 4) is 0 Å². The minimum absolute atomic E-state index is 0.481. The van der Waals surface area contributed by atoms with Crippen molar-refractivity contribution in [2.45, 2.75) is 26.7 Å². The monoisotopic (exact) mass is 291 g/mol. The number of pyridine rings is 1. The normalized spacial score (nSPS) is 10.8. The minimum Gasteiger partial charge on any atom is -0.259 e. The van der Waals surface area contributed by atoms with Gasteiger partial charge in [-0.15, -0.1) is 0 Å². The van der Waals surface area contributed by atoms with Crippen molar-refractivity contribution >= 4 is 31.9 Å². The van der Waals surface area contributed by atoms with Gasteiger partial charge in [0.25, 0.3) is 0 Å². The van der Waals surface area contributed by atoms with E-state index in [0.29, 0.717) is 5.92 Å². The summed E-state index contributed by atoms with van der Waals surface area (Å²) < 4.78 is 2.13. The smallest absolute Gasteiger partial charge is 0.0503 e. The van der Waals surface area contributed by atoms with Crippen LogP contribution in [-0.2, 0) is 0 Å². The van der Waals surface area contributed by atoms with Crippen molar-refractivity contribution in [3.63, 3.8) is 0 Å². The summed E-state index contributed by atoms with van der Waals surface area (Å²) in [7, 11) is 0. The van der Waals surface area contributed by atoms with Gasteiger partial charge in [0, 0.05) is 16.4 Å². The first-order chi connectivity index (χ1) is 5.54. The maximum Gasteiger partial charge on any atom is 0.0503 e. The fourth-order valence-electron chi connectivity index (χ4n) is 1.15. The van der Waals surface area contributed by atoms with Crippen LogP contribution in [0.15, 0.2) is 15.1 Å². The Hall–Kier alpha value is 0.110. The van der Waals surface area contributed by atoms with E-state index in [1.54, 1.807) is 0 Å². The second kappa shape index (κ2) is 3.88. The van der Waals surface area contributed by atoms with Crippen LogP contribution in [0.3, 0.4) is 0 Å². The molecule has 0 aliphatic heterocycles.